The van der Waals surface area contributed by atoms with E-state index in [-0.39, 0.29) is 24.0 Å². The summed E-state index contributed by atoms with van der Waals surface area (Å²) in [6, 6.07) is 14.2. The second kappa shape index (κ2) is 13.0. The Hall–Kier alpha value is -2.66. The lowest BCUT2D eigenvalue weighted by Gasteiger charge is -2.16. The Bertz CT molecular complexity index is 1020. The zero-order chi connectivity index (χ0) is 22.1. The minimum atomic E-state index is 0. The molecule has 3 aromatic rings. The maximum atomic E-state index is 5.70. The maximum Gasteiger partial charge on any atom is 0.218 e. The number of guanidine groups is 1. The predicted molar refractivity (Wildman–Crippen MR) is 137 cm³/mol. The number of halogens is 1. The van der Waals surface area contributed by atoms with Gasteiger partial charge in [-0.25, -0.2) is 9.67 Å². The number of aryl methyl sites for hydroxylation is 2. The van der Waals surface area contributed by atoms with Crippen LogP contribution in [0, 0.1) is 13.8 Å². The van der Waals surface area contributed by atoms with Crippen LogP contribution in [0.5, 0.6) is 5.88 Å². The van der Waals surface area contributed by atoms with Gasteiger partial charge in [0.15, 0.2) is 5.96 Å². The van der Waals surface area contributed by atoms with E-state index in [0.29, 0.717) is 38.1 Å². The van der Waals surface area contributed by atoms with E-state index in [1.807, 2.05) is 35.9 Å². The van der Waals surface area contributed by atoms with Crippen LogP contribution in [0.3, 0.4) is 0 Å². The summed E-state index contributed by atoms with van der Waals surface area (Å²) in [4.78, 5) is 8.65. The van der Waals surface area contributed by atoms with Gasteiger partial charge in [-0.2, -0.15) is 5.10 Å². The van der Waals surface area contributed by atoms with Crippen molar-refractivity contribution in [1.82, 2.24) is 25.4 Å². The fourth-order valence-electron chi connectivity index (χ4n) is 3.23. The maximum absolute atomic E-state index is 5.70. The number of methoxy groups -OCH3 is 1. The van der Waals surface area contributed by atoms with Crippen molar-refractivity contribution in [2.24, 2.45) is 4.99 Å². The Balaban J connectivity index is 0.00000363. The van der Waals surface area contributed by atoms with Crippen LogP contribution in [-0.4, -0.2) is 48.1 Å². The predicted octanol–water partition coefficient (Wildman–Crippen LogP) is 3.39. The van der Waals surface area contributed by atoms with Gasteiger partial charge in [-0.15, -0.1) is 24.0 Å². The van der Waals surface area contributed by atoms with Crippen molar-refractivity contribution in [3.63, 3.8) is 0 Å². The normalized spacial score (nSPS) is 11.1. The van der Waals surface area contributed by atoms with Gasteiger partial charge >= 0.3 is 0 Å². The van der Waals surface area contributed by atoms with E-state index in [9.17, 15) is 0 Å². The number of nitrogens with one attached hydrogen (secondary N) is 2. The molecule has 1 aromatic carbocycles. The Labute approximate surface area is 206 Å². The molecule has 0 aliphatic rings. The highest BCUT2D eigenvalue weighted by molar-refractivity contribution is 14.0. The summed E-state index contributed by atoms with van der Waals surface area (Å²) in [5.41, 5.74) is 5.23. The highest BCUT2D eigenvalue weighted by atomic mass is 127. The second-order valence-corrected chi connectivity index (χ2v) is 7.06. The molecule has 0 atom stereocenters. The molecule has 0 aliphatic carbocycles. The highest BCUT2D eigenvalue weighted by Gasteiger charge is 2.10. The van der Waals surface area contributed by atoms with E-state index in [1.165, 1.54) is 0 Å². The van der Waals surface area contributed by atoms with Gasteiger partial charge in [0.2, 0.25) is 5.88 Å². The third-order valence-electron chi connectivity index (χ3n) is 4.72. The SMILES string of the molecule is CN=C(NCc1ccccc1-n1nc(C)cc1C)NCc1cccnc1OCCOC.I. The zero-order valence-electron chi connectivity index (χ0n) is 19.0. The lowest BCUT2D eigenvalue weighted by molar-refractivity contribution is 0.143. The van der Waals surface area contributed by atoms with Crippen LogP contribution in [0.1, 0.15) is 22.5 Å². The largest absolute Gasteiger partial charge is 0.475 e. The van der Waals surface area contributed by atoms with Crippen LogP contribution in [0.15, 0.2) is 53.7 Å². The van der Waals surface area contributed by atoms with E-state index < -0.39 is 0 Å². The summed E-state index contributed by atoms with van der Waals surface area (Å²) < 4.78 is 12.7. The smallest absolute Gasteiger partial charge is 0.218 e. The number of hydrogen-bond donors (Lipinski definition) is 2. The van der Waals surface area contributed by atoms with E-state index in [4.69, 9.17) is 9.47 Å². The number of nitrogens with zero attached hydrogens (tertiary/aromatic N) is 4. The number of aliphatic imine (C=N–C) groups is 1. The number of aromatic nitrogens is 3. The number of ether oxygens (including phenoxy) is 2. The Morgan fingerprint density at radius 2 is 1.75 bits per heavy atom. The van der Waals surface area contributed by atoms with Crippen molar-refractivity contribution in [3.8, 4) is 11.6 Å². The molecule has 2 heterocycles. The molecule has 172 valence electrons. The first-order valence-electron chi connectivity index (χ1n) is 10.2. The van der Waals surface area contributed by atoms with Gasteiger partial charge in [0.05, 0.1) is 18.0 Å². The van der Waals surface area contributed by atoms with Gasteiger partial charge in [0, 0.05) is 44.7 Å². The summed E-state index contributed by atoms with van der Waals surface area (Å²) in [5.74, 6) is 1.28. The van der Waals surface area contributed by atoms with Gasteiger partial charge in [-0.1, -0.05) is 24.3 Å². The molecule has 3 rings (SSSR count). The first-order valence-corrected chi connectivity index (χ1v) is 10.2. The van der Waals surface area contributed by atoms with E-state index >= 15 is 0 Å². The van der Waals surface area contributed by atoms with Crippen molar-refractivity contribution in [2.45, 2.75) is 26.9 Å². The van der Waals surface area contributed by atoms with Crippen LogP contribution < -0.4 is 15.4 Å². The third-order valence-corrected chi connectivity index (χ3v) is 4.72. The molecular formula is C23H31IN6O2. The Morgan fingerprint density at radius 3 is 2.44 bits per heavy atom. The van der Waals surface area contributed by atoms with Crippen molar-refractivity contribution >= 4 is 29.9 Å². The molecule has 0 unspecified atom stereocenters. The number of benzene rings is 1. The molecule has 0 spiro atoms. The topological polar surface area (TPSA) is 85.6 Å². The summed E-state index contributed by atoms with van der Waals surface area (Å²) in [6.45, 7) is 6.18. The fraction of sp³-hybridized carbons (Fsp3) is 0.348. The van der Waals surface area contributed by atoms with E-state index in [0.717, 1.165) is 28.2 Å². The Kier molecular flexibility index (Phi) is 10.4. The quantitative estimate of drug-likeness (QED) is 0.184. The number of pyridine rings is 1. The fourth-order valence-corrected chi connectivity index (χ4v) is 3.23. The summed E-state index contributed by atoms with van der Waals surface area (Å²) in [7, 11) is 3.40. The summed E-state index contributed by atoms with van der Waals surface area (Å²) in [5, 5.41) is 11.3. The van der Waals surface area contributed by atoms with Crippen LogP contribution in [0.2, 0.25) is 0 Å². The highest BCUT2D eigenvalue weighted by Crippen LogP contribution is 2.17. The molecule has 8 nitrogen and oxygen atoms in total. The summed E-state index contributed by atoms with van der Waals surface area (Å²) in [6.07, 6.45) is 1.72. The first-order chi connectivity index (χ1) is 15.1. The van der Waals surface area contributed by atoms with E-state index in [2.05, 4.69) is 50.8 Å². The van der Waals surface area contributed by atoms with Crippen molar-refractivity contribution in [1.29, 1.82) is 0 Å². The minimum Gasteiger partial charge on any atom is -0.475 e. The van der Waals surface area contributed by atoms with Gasteiger partial charge in [0.25, 0.3) is 0 Å². The summed E-state index contributed by atoms with van der Waals surface area (Å²) >= 11 is 0. The molecule has 0 amide bonds. The van der Waals surface area contributed by atoms with Gasteiger partial charge in [-0.05, 0) is 37.6 Å². The lowest BCUT2D eigenvalue weighted by atomic mass is 10.1. The van der Waals surface area contributed by atoms with Crippen LogP contribution in [0.4, 0.5) is 0 Å². The zero-order valence-corrected chi connectivity index (χ0v) is 21.3. The molecule has 0 radical (unpaired) electrons. The monoisotopic (exact) mass is 550 g/mol. The van der Waals surface area contributed by atoms with Crippen molar-refractivity contribution in [3.05, 3.63) is 71.2 Å². The van der Waals surface area contributed by atoms with E-state index in [1.54, 1.807) is 20.4 Å². The molecule has 9 heteroatoms. The first kappa shape index (κ1) is 25.6. The standard InChI is InChI=1S/C23H30N6O2.HI/c1-17-14-18(2)29(28-17)21-10-6-5-8-19(21)15-26-23(24-3)27-16-20-9-7-11-25-22(20)31-13-12-30-4;/h5-11,14H,12-13,15-16H2,1-4H3,(H2,24,26,27);1H. The second-order valence-electron chi connectivity index (χ2n) is 7.06. The molecule has 0 bridgehead atoms. The molecule has 2 aromatic heterocycles. The molecular weight excluding hydrogens is 519 g/mol. The molecule has 0 fully saturated rings. The average molecular weight is 550 g/mol. The van der Waals surface area contributed by atoms with Gasteiger partial charge < -0.3 is 20.1 Å². The number of rotatable bonds is 9. The van der Waals surface area contributed by atoms with Gasteiger partial charge in [0.1, 0.15) is 6.61 Å². The molecule has 32 heavy (non-hydrogen) atoms. The molecule has 2 N–H and O–H groups in total. The number of hydrogen-bond acceptors (Lipinski definition) is 5. The van der Waals surface area contributed by atoms with Crippen LogP contribution in [-0.2, 0) is 17.8 Å². The molecule has 0 aliphatic heterocycles. The molecule has 0 saturated carbocycles. The van der Waals surface area contributed by atoms with Gasteiger partial charge in [-0.3, -0.25) is 4.99 Å². The third kappa shape index (κ3) is 6.92. The number of para-hydroxylation sites is 1. The van der Waals surface area contributed by atoms with Crippen molar-refractivity contribution < 1.29 is 9.47 Å². The molecule has 0 saturated heterocycles. The van der Waals surface area contributed by atoms with Crippen LogP contribution in [0.25, 0.3) is 5.69 Å². The van der Waals surface area contributed by atoms with Crippen molar-refractivity contribution in [2.75, 3.05) is 27.4 Å². The Morgan fingerprint density at radius 1 is 1.03 bits per heavy atom. The van der Waals surface area contributed by atoms with Crippen LogP contribution >= 0.6 is 24.0 Å². The minimum absolute atomic E-state index is 0. The lowest BCUT2D eigenvalue weighted by Crippen LogP contribution is -2.36. The average Bonchev–Trinajstić information content (AvgIpc) is 3.12.